The zero-order valence-corrected chi connectivity index (χ0v) is 31.3. The number of anilines is 3. The van der Waals surface area contributed by atoms with Gasteiger partial charge in [-0.05, 0) is 105 Å². The van der Waals surface area contributed by atoms with E-state index >= 15 is 0 Å². The average molecular weight is 743 g/mol. The van der Waals surface area contributed by atoms with Crippen LogP contribution in [0.25, 0.3) is 72.0 Å². The molecule has 10 aromatic rings. The van der Waals surface area contributed by atoms with E-state index in [2.05, 4.69) is 216 Å². The molecule has 1 aromatic heterocycles. The van der Waals surface area contributed by atoms with Crippen molar-refractivity contribution in [2.45, 2.75) is 0 Å². The third-order valence-corrected chi connectivity index (χ3v) is 11.5. The number of hydrogen-bond acceptors (Lipinski definition) is 3. The molecule has 0 radical (unpaired) electrons. The fourth-order valence-electron chi connectivity index (χ4n) is 8.81. The van der Waals surface area contributed by atoms with Crippen molar-refractivity contribution in [2.75, 3.05) is 4.90 Å². The zero-order chi connectivity index (χ0) is 38.2. The van der Waals surface area contributed by atoms with E-state index in [0.717, 1.165) is 90.0 Å². The predicted molar refractivity (Wildman–Crippen MR) is 237 cm³/mol. The van der Waals surface area contributed by atoms with Gasteiger partial charge in [0.2, 0.25) is 0 Å². The Bertz CT molecular complexity index is 3220. The lowest BCUT2D eigenvalue weighted by atomic mass is 9.96. The number of aromatic nitrogens is 1. The number of hydrogen-bond donors (Lipinski definition) is 0. The van der Waals surface area contributed by atoms with Gasteiger partial charge in [-0.1, -0.05) is 140 Å². The molecule has 0 fully saturated rings. The molecule has 272 valence electrons. The number of fused-ring (bicyclic) bond motifs is 7. The Balaban J connectivity index is 1.06. The van der Waals surface area contributed by atoms with Crippen LogP contribution >= 0.6 is 0 Å². The van der Waals surface area contributed by atoms with Crippen LogP contribution in [-0.2, 0) is 0 Å². The molecule has 0 unspecified atom stereocenters. The molecule has 2 aliphatic rings. The Morgan fingerprint density at radius 1 is 0.293 bits per heavy atom. The van der Waals surface area contributed by atoms with E-state index in [-0.39, 0.29) is 0 Å². The molecular weight excluding hydrogens is 709 g/mol. The second-order valence-corrected chi connectivity index (χ2v) is 15.0. The molecule has 2 aliphatic heterocycles. The standard InChI is InChI=1S/C54H34N2O2/c1-4-14-35(15-5-1)37-18-12-20-39(28-37)41-26-27-47-50(30-41)57-52-31-42(40-21-13-19-38(29-40)36-16-6-2-7-17-36)32-53-54(52)56(47)49-33-45-44-24-10-11-25-46(44)55(43-22-8-3-9-23-43)48(45)34-51(49)58-53/h1-34H. The van der Waals surface area contributed by atoms with Crippen molar-refractivity contribution in [3.8, 4) is 73.2 Å². The Morgan fingerprint density at radius 2 is 0.793 bits per heavy atom. The highest BCUT2D eigenvalue weighted by molar-refractivity contribution is 6.12. The van der Waals surface area contributed by atoms with E-state index in [0.29, 0.717) is 0 Å². The SMILES string of the molecule is c1ccc(-c2cccc(-c3ccc4c(c3)Oc3cc(-c5cccc(-c6ccccc6)c5)cc5c3N4c3cc4c6ccccc6n(-c6ccccc6)c4cc3O5)c2)cc1. The molecule has 3 heterocycles. The molecule has 12 rings (SSSR count). The van der Waals surface area contributed by atoms with Crippen LogP contribution in [0.5, 0.6) is 23.0 Å². The van der Waals surface area contributed by atoms with Gasteiger partial charge in [-0.3, -0.25) is 4.90 Å². The van der Waals surface area contributed by atoms with Crippen LogP contribution in [0.2, 0.25) is 0 Å². The maximum atomic E-state index is 7.02. The van der Waals surface area contributed by atoms with E-state index in [1.54, 1.807) is 0 Å². The largest absolute Gasteiger partial charge is 0.453 e. The normalized spacial score (nSPS) is 12.4. The Kier molecular flexibility index (Phi) is 7.20. The first-order chi connectivity index (χ1) is 28.7. The summed E-state index contributed by atoms with van der Waals surface area (Å²) < 4.78 is 16.3. The highest BCUT2D eigenvalue weighted by Gasteiger charge is 2.36. The van der Waals surface area contributed by atoms with Crippen LogP contribution in [0.1, 0.15) is 0 Å². The number of ether oxygens (including phenoxy) is 2. The monoisotopic (exact) mass is 742 g/mol. The van der Waals surface area contributed by atoms with Crippen molar-refractivity contribution in [1.82, 2.24) is 4.57 Å². The number of nitrogens with zero attached hydrogens (tertiary/aromatic N) is 2. The van der Waals surface area contributed by atoms with Gasteiger partial charge >= 0.3 is 0 Å². The molecule has 0 N–H and O–H groups in total. The molecule has 0 bridgehead atoms. The van der Waals surface area contributed by atoms with E-state index in [1.807, 2.05) is 0 Å². The number of para-hydroxylation sites is 2. The lowest BCUT2D eigenvalue weighted by Crippen LogP contribution is -2.20. The van der Waals surface area contributed by atoms with Gasteiger partial charge in [-0.25, -0.2) is 0 Å². The summed E-state index contributed by atoms with van der Waals surface area (Å²) in [7, 11) is 0. The molecule has 0 aliphatic carbocycles. The van der Waals surface area contributed by atoms with Crippen molar-refractivity contribution < 1.29 is 9.47 Å². The van der Waals surface area contributed by atoms with Gasteiger partial charge in [0.1, 0.15) is 5.69 Å². The molecule has 4 nitrogen and oxygen atoms in total. The van der Waals surface area contributed by atoms with Gasteiger partial charge in [0.05, 0.1) is 22.4 Å². The molecule has 58 heavy (non-hydrogen) atoms. The summed E-state index contributed by atoms with van der Waals surface area (Å²) >= 11 is 0. The minimum absolute atomic E-state index is 0.747. The molecule has 4 heteroatoms. The van der Waals surface area contributed by atoms with Crippen LogP contribution in [0.15, 0.2) is 206 Å². The second-order valence-electron chi connectivity index (χ2n) is 15.0. The highest BCUT2D eigenvalue weighted by atomic mass is 16.5. The van der Waals surface area contributed by atoms with Gasteiger partial charge in [0.25, 0.3) is 0 Å². The maximum Gasteiger partial charge on any atom is 0.156 e. The molecule has 0 spiro atoms. The van der Waals surface area contributed by atoms with Gasteiger partial charge in [0.15, 0.2) is 23.0 Å². The minimum Gasteiger partial charge on any atom is -0.453 e. The van der Waals surface area contributed by atoms with Crippen molar-refractivity contribution >= 4 is 38.9 Å². The number of rotatable bonds is 5. The fourth-order valence-corrected chi connectivity index (χ4v) is 8.81. The minimum atomic E-state index is 0.747. The topological polar surface area (TPSA) is 26.6 Å². The van der Waals surface area contributed by atoms with Crippen LogP contribution < -0.4 is 14.4 Å². The molecule has 0 saturated heterocycles. The van der Waals surface area contributed by atoms with Crippen LogP contribution in [0.4, 0.5) is 17.1 Å². The summed E-state index contributed by atoms with van der Waals surface area (Å²) in [5.41, 5.74) is 15.2. The number of benzene rings is 9. The molecule has 0 amide bonds. The van der Waals surface area contributed by atoms with Gasteiger partial charge in [-0.15, -0.1) is 0 Å². The van der Waals surface area contributed by atoms with Crippen LogP contribution in [0, 0.1) is 0 Å². The summed E-state index contributed by atoms with van der Waals surface area (Å²) in [4.78, 5) is 2.34. The first-order valence-electron chi connectivity index (χ1n) is 19.7. The maximum absolute atomic E-state index is 7.02. The molecule has 0 atom stereocenters. The quantitative estimate of drug-likeness (QED) is 0.176. The Hall–Kier alpha value is -7.82. The fraction of sp³-hybridized carbons (Fsp3) is 0. The zero-order valence-electron chi connectivity index (χ0n) is 31.3. The van der Waals surface area contributed by atoms with Gasteiger partial charge in [-0.2, -0.15) is 0 Å². The first kappa shape index (κ1) is 32.4. The van der Waals surface area contributed by atoms with E-state index in [4.69, 9.17) is 9.47 Å². The van der Waals surface area contributed by atoms with Gasteiger partial charge < -0.3 is 14.0 Å². The van der Waals surface area contributed by atoms with Gasteiger partial charge in [0, 0.05) is 22.5 Å². The molecule has 9 aromatic carbocycles. The summed E-state index contributed by atoms with van der Waals surface area (Å²) in [6, 6.07) is 73.1. The summed E-state index contributed by atoms with van der Waals surface area (Å²) in [5.74, 6) is 3.07. The van der Waals surface area contributed by atoms with Crippen LogP contribution in [-0.4, -0.2) is 4.57 Å². The smallest absolute Gasteiger partial charge is 0.156 e. The summed E-state index contributed by atoms with van der Waals surface area (Å²) in [5, 5.41) is 2.34. The molecular formula is C54H34N2O2. The Labute approximate surface area is 336 Å². The van der Waals surface area contributed by atoms with E-state index in [9.17, 15) is 0 Å². The third-order valence-electron chi connectivity index (χ3n) is 11.5. The lowest BCUT2D eigenvalue weighted by molar-refractivity contribution is 0.447. The first-order valence-corrected chi connectivity index (χ1v) is 19.7. The molecule has 0 saturated carbocycles. The second kappa shape index (κ2) is 12.9. The van der Waals surface area contributed by atoms with Crippen molar-refractivity contribution in [3.63, 3.8) is 0 Å². The lowest BCUT2D eigenvalue weighted by Gasteiger charge is -2.38. The summed E-state index contributed by atoms with van der Waals surface area (Å²) in [6.07, 6.45) is 0. The van der Waals surface area contributed by atoms with Crippen LogP contribution in [0.3, 0.4) is 0 Å². The van der Waals surface area contributed by atoms with Crippen molar-refractivity contribution in [1.29, 1.82) is 0 Å². The average Bonchev–Trinajstić information content (AvgIpc) is 3.62. The third kappa shape index (κ3) is 5.16. The Morgan fingerprint density at radius 3 is 1.45 bits per heavy atom. The summed E-state index contributed by atoms with van der Waals surface area (Å²) in [6.45, 7) is 0. The van der Waals surface area contributed by atoms with E-state index < -0.39 is 0 Å². The van der Waals surface area contributed by atoms with Crippen molar-refractivity contribution in [3.05, 3.63) is 206 Å². The highest BCUT2D eigenvalue weighted by Crippen LogP contribution is 2.62. The van der Waals surface area contributed by atoms with Crippen molar-refractivity contribution in [2.24, 2.45) is 0 Å². The predicted octanol–water partition coefficient (Wildman–Crippen LogP) is 15.1. The van der Waals surface area contributed by atoms with E-state index in [1.165, 1.54) is 22.1 Å².